The Hall–Kier alpha value is -3.82. The highest BCUT2D eigenvalue weighted by atomic mass is 32.2. The van der Waals surface area contributed by atoms with Crippen LogP contribution >= 0.6 is 0 Å². The second kappa shape index (κ2) is 19.4. The summed E-state index contributed by atoms with van der Waals surface area (Å²) in [6.07, 6.45) is 14.2. The first-order valence-electron chi connectivity index (χ1n) is 18.0. The Morgan fingerprint density at radius 1 is 0.673 bits per heavy atom. The number of hydrogen-bond acceptors (Lipinski definition) is 7. The summed E-state index contributed by atoms with van der Waals surface area (Å²) in [5.74, 6) is -1.67. The minimum atomic E-state index is -4.38. The molecule has 0 aliphatic heterocycles. The zero-order chi connectivity index (χ0) is 35.1. The average molecular weight is 690 g/mol. The second-order valence-corrected chi connectivity index (χ2v) is 14.5. The van der Waals surface area contributed by atoms with Gasteiger partial charge in [0.25, 0.3) is 0 Å². The van der Waals surface area contributed by atoms with E-state index in [1.807, 2.05) is 12.1 Å². The first kappa shape index (κ1) is 38.0. The Morgan fingerprint density at radius 2 is 1.22 bits per heavy atom. The van der Waals surface area contributed by atoms with Gasteiger partial charge in [0.05, 0.1) is 11.5 Å². The molecule has 0 unspecified atom stereocenters. The van der Waals surface area contributed by atoms with Crippen LogP contribution in [-0.2, 0) is 29.1 Å². The van der Waals surface area contributed by atoms with Gasteiger partial charge in [0.2, 0.25) is 10.0 Å². The number of nitrogens with one attached hydrogen (secondary N) is 1. The summed E-state index contributed by atoms with van der Waals surface area (Å²) in [6, 6.07) is 18.4. The topological polar surface area (TPSA) is 116 Å². The van der Waals surface area contributed by atoms with Crippen LogP contribution in [0.5, 0.6) is 0 Å². The molecule has 1 aliphatic rings. The minimum absolute atomic E-state index is 0.00290. The molecule has 49 heavy (non-hydrogen) atoms. The predicted octanol–water partition coefficient (Wildman–Crippen LogP) is 8.87. The molecule has 8 nitrogen and oxygen atoms in total. The fourth-order valence-corrected chi connectivity index (χ4v) is 7.54. The van der Waals surface area contributed by atoms with Crippen LogP contribution in [0.1, 0.15) is 131 Å². The summed E-state index contributed by atoms with van der Waals surface area (Å²) in [7, 11) is -4.38. The van der Waals surface area contributed by atoms with Crippen molar-refractivity contribution in [2.75, 3.05) is 6.61 Å². The van der Waals surface area contributed by atoms with Crippen molar-refractivity contribution < 1.29 is 32.3 Å². The Morgan fingerprint density at radius 3 is 1.84 bits per heavy atom. The maximum Gasteiger partial charge on any atom is 0.328 e. The number of carbonyl (C=O) groups is 3. The predicted molar refractivity (Wildman–Crippen MR) is 192 cm³/mol. The van der Waals surface area contributed by atoms with Crippen molar-refractivity contribution in [2.45, 2.75) is 121 Å². The third-order valence-corrected chi connectivity index (χ3v) is 10.4. The van der Waals surface area contributed by atoms with Crippen molar-refractivity contribution in [3.63, 3.8) is 0 Å². The van der Waals surface area contributed by atoms with Gasteiger partial charge in [-0.05, 0) is 42.2 Å². The molecule has 4 rings (SSSR count). The first-order chi connectivity index (χ1) is 23.8. The third kappa shape index (κ3) is 10.8. The number of ketones is 1. The van der Waals surface area contributed by atoms with E-state index in [0.717, 1.165) is 24.8 Å². The lowest BCUT2D eigenvalue weighted by atomic mass is 10.0. The highest BCUT2D eigenvalue weighted by Crippen LogP contribution is 2.37. The Labute approximate surface area is 292 Å². The molecule has 0 bridgehead atoms. The van der Waals surface area contributed by atoms with Crippen molar-refractivity contribution in [2.24, 2.45) is 0 Å². The molecule has 264 valence electrons. The van der Waals surface area contributed by atoms with Crippen molar-refractivity contribution >= 4 is 27.7 Å². The van der Waals surface area contributed by atoms with Crippen molar-refractivity contribution in [3.05, 3.63) is 89.5 Å². The largest absolute Gasteiger partial charge is 0.465 e. The van der Waals surface area contributed by atoms with Crippen LogP contribution in [0.25, 0.3) is 11.1 Å². The fraction of sp³-hybridized carbons (Fsp3) is 0.475. The van der Waals surface area contributed by atoms with Gasteiger partial charge in [-0.25, -0.2) is 8.42 Å². The average Bonchev–Trinajstić information content (AvgIpc) is 3.39. The lowest BCUT2D eigenvalue weighted by molar-refractivity contribution is -0.158. The molecule has 0 fully saturated rings. The third-order valence-electron chi connectivity index (χ3n) is 9.00. The number of benzene rings is 3. The van der Waals surface area contributed by atoms with E-state index < -0.39 is 34.1 Å². The lowest BCUT2D eigenvalue weighted by Gasteiger charge is -2.27. The molecule has 9 heteroatoms. The van der Waals surface area contributed by atoms with Crippen molar-refractivity contribution in [3.8, 4) is 11.1 Å². The molecule has 0 spiro atoms. The van der Waals surface area contributed by atoms with Gasteiger partial charge >= 0.3 is 11.9 Å². The summed E-state index contributed by atoms with van der Waals surface area (Å²) in [6.45, 7) is 3.85. The van der Waals surface area contributed by atoms with Crippen LogP contribution in [0.4, 0.5) is 0 Å². The zero-order valence-electron chi connectivity index (χ0n) is 29.0. The summed E-state index contributed by atoms with van der Waals surface area (Å²) in [5, 5.41) is 0. The monoisotopic (exact) mass is 689 g/mol. The molecule has 0 saturated carbocycles. The smallest absolute Gasteiger partial charge is 0.328 e. The Bertz CT molecular complexity index is 1640. The summed E-state index contributed by atoms with van der Waals surface area (Å²) < 4.78 is 41.2. The number of esters is 2. The quantitative estimate of drug-likeness (QED) is 0.0647. The van der Waals surface area contributed by atoms with E-state index in [4.69, 9.17) is 9.47 Å². The van der Waals surface area contributed by atoms with Gasteiger partial charge < -0.3 is 9.47 Å². The second-order valence-electron chi connectivity index (χ2n) is 12.7. The van der Waals surface area contributed by atoms with Crippen LogP contribution < -0.4 is 4.72 Å². The van der Waals surface area contributed by atoms with Gasteiger partial charge in [0.1, 0.15) is 0 Å². The fourth-order valence-electron chi connectivity index (χ4n) is 6.33. The first-order valence-corrected chi connectivity index (χ1v) is 19.5. The van der Waals surface area contributed by atoms with E-state index in [1.165, 1.54) is 69.9 Å². The number of rotatable bonds is 22. The van der Waals surface area contributed by atoms with E-state index in [0.29, 0.717) is 23.1 Å². The van der Waals surface area contributed by atoms with E-state index in [9.17, 15) is 22.8 Å². The number of ether oxygens (including phenoxy) is 2. The molecular formula is C40H51NO7S. The minimum Gasteiger partial charge on any atom is -0.465 e. The molecule has 2 atom stereocenters. The van der Waals surface area contributed by atoms with Gasteiger partial charge in [-0.3, -0.25) is 14.4 Å². The highest BCUT2D eigenvalue weighted by Gasteiger charge is 2.38. The molecule has 0 heterocycles. The van der Waals surface area contributed by atoms with Gasteiger partial charge in [0, 0.05) is 17.5 Å². The SMILES string of the molecule is CCCCCCCCCCCCCCCC(=O)O[C@@H](c1ccccc1)[C@H](NS(=O)(=O)c1ccc2c(c1)C(=O)c1ccccc1-2)C(=O)OCC. The van der Waals surface area contributed by atoms with Crippen molar-refractivity contribution in [1.29, 1.82) is 0 Å². The molecule has 0 amide bonds. The number of unbranched alkanes of at least 4 members (excludes halogenated alkanes) is 12. The van der Waals surface area contributed by atoms with Crippen LogP contribution in [0.3, 0.4) is 0 Å². The number of fused-ring (bicyclic) bond motifs is 3. The molecule has 1 N–H and O–H groups in total. The maximum absolute atomic E-state index is 13.8. The number of hydrogen-bond donors (Lipinski definition) is 1. The zero-order valence-corrected chi connectivity index (χ0v) is 29.8. The molecule has 1 aliphatic carbocycles. The molecule has 0 saturated heterocycles. The number of sulfonamides is 1. The Balaban J connectivity index is 1.38. The van der Waals surface area contributed by atoms with Gasteiger partial charge in [0.15, 0.2) is 17.9 Å². The maximum atomic E-state index is 13.8. The van der Waals surface area contributed by atoms with Gasteiger partial charge in [-0.15, -0.1) is 0 Å². The van der Waals surface area contributed by atoms with Gasteiger partial charge in [-0.1, -0.05) is 145 Å². The molecule has 3 aromatic carbocycles. The van der Waals surface area contributed by atoms with E-state index in [-0.39, 0.29) is 29.3 Å². The lowest BCUT2D eigenvalue weighted by Crippen LogP contribution is -2.47. The van der Waals surface area contributed by atoms with E-state index in [2.05, 4.69) is 11.6 Å². The molecule has 0 radical (unpaired) electrons. The summed E-state index contributed by atoms with van der Waals surface area (Å²) in [5.41, 5.74) is 2.60. The molecule has 0 aromatic heterocycles. The van der Waals surface area contributed by atoms with Crippen LogP contribution in [0, 0.1) is 0 Å². The molecular weight excluding hydrogens is 639 g/mol. The van der Waals surface area contributed by atoms with E-state index in [1.54, 1.807) is 55.5 Å². The highest BCUT2D eigenvalue weighted by molar-refractivity contribution is 7.89. The summed E-state index contributed by atoms with van der Waals surface area (Å²) in [4.78, 5) is 39.4. The van der Waals surface area contributed by atoms with Crippen molar-refractivity contribution in [1.82, 2.24) is 4.72 Å². The number of carbonyl (C=O) groups excluding carboxylic acids is 3. The Kier molecular flexibility index (Phi) is 15.0. The summed E-state index contributed by atoms with van der Waals surface area (Å²) >= 11 is 0. The normalized spacial score (nSPS) is 13.4. The molecule has 3 aromatic rings. The van der Waals surface area contributed by atoms with E-state index >= 15 is 0 Å². The van der Waals surface area contributed by atoms with Crippen LogP contribution in [0.2, 0.25) is 0 Å². The van der Waals surface area contributed by atoms with Crippen LogP contribution in [0.15, 0.2) is 77.7 Å². The standard InChI is InChI=1S/C40H51NO7S/c1-3-5-6-7-8-9-10-11-12-13-14-15-19-26-36(42)48-39(30-22-17-16-18-23-30)37(40(44)47-4-2)41-49(45,46)31-27-28-33-32-24-20-21-25-34(32)38(43)35(33)29-31/h16-18,20-25,27-29,37,39,41H,3-15,19,26H2,1-2H3/t37-,39-/m0/s1. The van der Waals surface area contributed by atoms with Gasteiger partial charge in [-0.2, -0.15) is 4.72 Å². The van der Waals surface area contributed by atoms with Crippen LogP contribution in [-0.4, -0.2) is 38.8 Å².